The van der Waals surface area contributed by atoms with E-state index in [1.807, 2.05) is 6.92 Å². The van der Waals surface area contributed by atoms with E-state index >= 15 is 0 Å². The minimum Gasteiger partial charge on any atom is -0.384 e. The molecule has 4 heteroatoms. The van der Waals surface area contributed by atoms with Gasteiger partial charge in [0.1, 0.15) is 0 Å². The zero-order chi connectivity index (χ0) is 16.2. The summed E-state index contributed by atoms with van der Waals surface area (Å²) in [5, 5.41) is 0. The van der Waals surface area contributed by atoms with E-state index < -0.39 is 0 Å². The van der Waals surface area contributed by atoms with Crippen LogP contribution in [0.3, 0.4) is 0 Å². The standard InChI is InChI=1S/C17H33NO3/c1-11(2)15-8-14(10-20-6)9-18(15)17(19)16(12(3)4)13(5)21-7/h11-16H,8-10H2,1-7H3/t13?,14?,15-,16-/m0/s1. The van der Waals surface area contributed by atoms with E-state index in [1.165, 1.54) is 0 Å². The van der Waals surface area contributed by atoms with E-state index in [0.717, 1.165) is 19.6 Å². The van der Waals surface area contributed by atoms with Crippen molar-refractivity contribution in [1.82, 2.24) is 4.90 Å². The van der Waals surface area contributed by atoms with E-state index in [-0.39, 0.29) is 23.8 Å². The van der Waals surface area contributed by atoms with E-state index in [1.54, 1.807) is 14.2 Å². The van der Waals surface area contributed by atoms with Crippen LogP contribution in [0.1, 0.15) is 41.0 Å². The molecule has 0 bridgehead atoms. The summed E-state index contributed by atoms with van der Waals surface area (Å²) >= 11 is 0. The highest BCUT2D eigenvalue weighted by Crippen LogP contribution is 2.32. The van der Waals surface area contributed by atoms with Crippen LogP contribution >= 0.6 is 0 Å². The second-order valence-electron chi connectivity index (χ2n) is 7.07. The van der Waals surface area contributed by atoms with Crippen molar-refractivity contribution in [3.63, 3.8) is 0 Å². The molecule has 0 N–H and O–H groups in total. The van der Waals surface area contributed by atoms with Crippen molar-refractivity contribution in [2.24, 2.45) is 23.7 Å². The molecule has 0 aromatic rings. The highest BCUT2D eigenvalue weighted by molar-refractivity contribution is 5.80. The highest BCUT2D eigenvalue weighted by Gasteiger charge is 2.41. The molecular formula is C17H33NO3. The van der Waals surface area contributed by atoms with Crippen molar-refractivity contribution in [1.29, 1.82) is 0 Å². The molecule has 124 valence electrons. The number of rotatable bonds is 7. The van der Waals surface area contributed by atoms with Crippen molar-refractivity contribution in [2.45, 2.75) is 53.2 Å². The number of hydrogen-bond acceptors (Lipinski definition) is 3. The molecule has 4 atom stereocenters. The van der Waals surface area contributed by atoms with Crippen LogP contribution < -0.4 is 0 Å². The van der Waals surface area contributed by atoms with Crippen LogP contribution in [0.4, 0.5) is 0 Å². The van der Waals surface area contributed by atoms with E-state index in [0.29, 0.717) is 17.9 Å². The molecule has 1 rings (SSSR count). The minimum atomic E-state index is -0.0717. The van der Waals surface area contributed by atoms with Gasteiger partial charge >= 0.3 is 0 Å². The number of likely N-dealkylation sites (tertiary alicyclic amines) is 1. The Balaban J connectivity index is 2.90. The molecule has 1 fully saturated rings. The molecule has 21 heavy (non-hydrogen) atoms. The smallest absolute Gasteiger partial charge is 0.228 e. The maximum absolute atomic E-state index is 13.1. The number of carbonyl (C=O) groups is 1. The SMILES string of the molecule is COCC1C[C@@H](C(C)C)N(C(=O)[C@@H](C(C)C)C(C)OC)C1. The molecule has 1 heterocycles. The van der Waals surface area contributed by atoms with Crippen LogP contribution in [0, 0.1) is 23.7 Å². The molecule has 1 saturated heterocycles. The van der Waals surface area contributed by atoms with Crippen molar-refractivity contribution in [2.75, 3.05) is 27.4 Å². The predicted octanol–water partition coefficient (Wildman–Crippen LogP) is 2.81. The van der Waals surface area contributed by atoms with Gasteiger partial charge in [-0.05, 0) is 25.2 Å². The molecule has 4 nitrogen and oxygen atoms in total. The Morgan fingerprint density at radius 1 is 1.19 bits per heavy atom. The lowest BCUT2D eigenvalue weighted by Gasteiger charge is -2.34. The molecule has 0 aliphatic carbocycles. The molecule has 1 amide bonds. The largest absolute Gasteiger partial charge is 0.384 e. The Labute approximate surface area is 130 Å². The Morgan fingerprint density at radius 2 is 1.81 bits per heavy atom. The molecule has 0 saturated carbocycles. The van der Waals surface area contributed by atoms with Gasteiger partial charge < -0.3 is 14.4 Å². The molecule has 0 aromatic heterocycles. The Kier molecular flexibility index (Phi) is 7.14. The van der Waals surface area contributed by atoms with Crippen LogP contribution in [0.5, 0.6) is 0 Å². The first kappa shape index (κ1) is 18.4. The summed E-state index contributed by atoms with van der Waals surface area (Å²) in [4.78, 5) is 15.1. The number of nitrogens with zero attached hydrogens (tertiary/aromatic N) is 1. The lowest BCUT2D eigenvalue weighted by Crippen LogP contribution is -2.47. The lowest BCUT2D eigenvalue weighted by atomic mass is 9.88. The van der Waals surface area contributed by atoms with E-state index in [9.17, 15) is 4.79 Å². The summed E-state index contributed by atoms with van der Waals surface area (Å²) in [7, 11) is 3.42. The van der Waals surface area contributed by atoms with Gasteiger partial charge in [-0.1, -0.05) is 27.7 Å². The molecule has 0 aromatic carbocycles. The minimum absolute atomic E-state index is 0.0493. The van der Waals surface area contributed by atoms with Gasteiger partial charge in [0.15, 0.2) is 0 Å². The van der Waals surface area contributed by atoms with Crippen LogP contribution in [-0.2, 0) is 14.3 Å². The maximum Gasteiger partial charge on any atom is 0.228 e. The van der Waals surface area contributed by atoms with Gasteiger partial charge in [-0.3, -0.25) is 4.79 Å². The average Bonchev–Trinajstić information content (AvgIpc) is 2.82. The molecule has 2 unspecified atom stereocenters. The monoisotopic (exact) mass is 299 g/mol. The van der Waals surface area contributed by atoms with Gasteiger partial charge in [0, 0.05) is 32.7 Å². The van der Waals surface area contributed by atoms with Crippen molar-refractivity contribution in [3.8, 4) is 0 Å². The summed E-state index contributed by atoms with van der Waals surface area (Å²) in [6.45, 7) is 12.1. The van der Waals surface area contributed by atoms with E-state index in [2.05, 4.69) is 32.6 Å². The zero-order valence-electron chi connectivity index (χ0n) is 14.8. The first-order valence-electron chi connectivity index (χ1n) is 8.15. The molecule has 0 radical (unpaired) electrons. The summed E-state index contributed by atoms with van der Waals surface area (Å²) in [6.07, 6.45) is 0.996. The molecule has 1 aliphatic rings. The van der Waals surface area contributed by atoms with Crippen LogP contribution in [0.25, 0.3) is 0 Å². The van der Waals surface area contributed by atoms with Crippen LogP contribution in [-0.4, -0.2) is 50.3 Å². The van der Waals surface area contributed by atoms with Gasteiger partial charge in [-0.2, -0.15) is 0 Å². The third-order valence-corrected chi connectivity index (χ3v) is 4.77. The highest BCUT2D eigenvalue weighted by atomic mass is 16.5. The molecule has 0 spiro atoms. The van der Waals surface area contributed by atoms with Gasteiger partial charge in [-0.25, -0.2) is 0 Å². The quantitative estimate of drug-likeness (QED) is 0.725. The van der Waals surface area contributed by atoms with Crippen molar-refractivity contribution >= 4 is 5.91 Å². The van der Waals surface area contributed by atoms with Gasteiger partial charge in [0.2, 0.25) is 5.91 Å². The Morgan fingerprint density at radius 3 is 2.24 bits per heavy atom. The van der Waals surface area contributed by atoms with E-state index in [4.69, 9.17) is 9.47 Å². The second kappa shape index (κ2) is 8.14. The first-order chi connectivity index (χ1) is 9.83. The van der Waals surface area contributed by atoms with Gasteiger partial charge in [-0.15, -0.1) is 0 Å². The zero-order valence-corrected chi connectivity index (χ0v) is 14.8. The number of carbonyl (C=O) groups excluding carboxylic acids is 1. The molecule has 1 aliphatic heterocycles. The average molecular weight is 299 g/mol. The number of amides is 1. The first-order valence-corrected chi connectivity index (χ1v) is 8.15. The third-order valence-electron chi connectivity index (χ3n) is 4.77. The predicted molar refractivity (Wildman–Crippen MR) is 85.1 cm³/mol. The topological polar surface area (TPSA) is 38.8 Å². The Bertz CT molecular complexity index is 330. The summed E-state index contributed by atoms with van der Waals surface area (Å²) < 4.78 is 10.7. The van der Waals surface area contributed by atoms with Crippen molar-refractivity contribution in [3.05, 3.63) is 0 Å². The van der Waals surface area contributed by atoms with Crippen LogP contribution in [0.15, 0.2) is 0 Å². The van der Waals surface area contributed by atoms with Gasteiger partial charge in [0.05, 0.1) is 18.6 Å². The lowest BCUT2D eigenvalue weighted by molar-refractivity contribution is -0.143. The number of ether oxygens (including phenoxy) is 2. The summed E-state index contributed by atoms with van der Waals surface area (Å²) in [5.41, 5.74) is 0. The number of hydrogen-bond donors (Lipinski definition) is 0. The fraction of sp³-hybridized carbons (Fsp3) is 0.941. The summed E-state index contributed by atoms with van der Waals surface area (Å²) in [5.74, 6) is 1.38. The number of methoxy groups -OCH3 is 2. The normalized spacial score (nSPS) is 25.7. The third kappa shape index (κ3) is 4.43. The molecular weight excluding hydrogens is 266 g/mol. The fourth-order valence-electron chi connectivity index (χ4n) is 3.56. The summed E-state index contributed by atoms with van der Waals surface area (Å²) in [6, 6.07) is 0.322. The van der Waals surface area contributed by atoms with Gasteiger partial charge in [0.25, 0.3) is 0 Å². The Hall–Kier alpha value is -0.610. The second-order valence-corrected chi connectivity index (χ2v) is 7.07. The maximum atomic E-state index is 13.1. The van der Waals surface area contributed by atoms with Crippen LogP contribution in [0.2, 0.25) is 0 Å². The van der Waals surface area contributed by atoms with Crippen molar-refractivity contribution < 1.29 is 14.3 Å². The fourth-order valence-corrected chi connectivity index (χ4v) is 3.56.